The fourth-order valence-corrected chi connectivity index (χ4v) is 8.23. The molecule has 0 unspecified atom stereocenters. The lowest BCUT2D eigenvalue weighted by Gasteiger charge is -2.26. The van der Waals surface area contributed by atoms with E-state index in [1.54, 1.807) is 0 Å². The second-order valence-corrected chi connectivity index (χ2v) is 14.2. The summed E-state index contributed by atoms with van der Waals surface area (Å²) in [6, 6.07) is 63.7. The molecule has 0 radical (unpaired) electrons. The van der Waals surface area contributed by atoms with Crippen molar-refractivity contribution in [1.29, 1.82) is 0 Å². The van der Waals surface area contributed by atoms with Crippen LogP contribution in [0.2, 0.25) is 0 Å². The maximum absolute atomic E-state index is 6.38. The number of fused-ring (bicyclic) bond motifs is 7. The second kappa shape index (κ2) is 11.3. The first kappa shape index (κ1) is 29.5. The quantitative estimate of drug-likeness (QED) is 0.184. The minimum absolute atomic E-state index is 0.00278. The van der Waals surface area contributed by atoms with E-state index in [2.05, 4.69) is 183 Å². The number of hydrogen-bond acceptors (Lipinski definition) is 2. The second-order valence-electron chi connectivity index (χ2n) is 14.2. The van der Waals surface area contributed by atoms with Crippen LogP contribution in [-0.2, 0) is 5.41 Å². The molecule has 1 aromatic heterocycles. The van der Waals surface area contributed by atoms with Crippen LogP contribution in [0.15, 0.2) is 180 Å². The Morgan fingerprint density at radius 3 is 1.84 bits per heavy atom. The van der Waals surface area contributed by atoms with Gasteiger partial charge in [-0.3, -0.25) is 0 Å². The van der Waals surface area contributed by atoms with Crippen molar-refractivity contribution < 1.29 is 4.42 Å². The Labute approximate surface area is 297 Å². The van der Waals surface area contributed by atoms with E-state index in [1.807, 2.05) is 12.1 Å². The van der Waals surface area contributed by atoms with Gasteiger partial charge in [0.15, 0.2) is 0 Å². The third-order valence-corrected chi connectivity index (χ3v) is 10.9. The lowest BCUT2D eigenvalue weighted by molar-refractivity contribution is 0.660. The summed E-state index contributed by atoms with van der Waals surface area (Å²) in [5.41, 5.74) is 15.3. The molecule has 0 bridgehead atoms. The summed E-state index contributed by atoms with van der Waals surface area (Å²) in [7, 11) is 0. The normalized spacial score (nSPS) is 13.1. The van der Waals surface area contributed by atoms with Crippen LogP contribution >= 0.6 is 0 Å². The average Bonchev–Trinajstić information content (AvgIpc) is 3.67. The van der Waals surface area contributed by atoms with Crippen LogP contribution in [0.25, 0.3) is 66.1 Å². The van der Waals surface area contributed by atoms with Gasteiger partial charge in [0, 0.05) is 38.8 Å². The Morgan fingerprint density at radius 1 is 0.412 bits per heavy atom. The molecule has 51 heavy (non-hydrogen) atoms. The van der Waals surface area contributed by atoms with Crippen molar-refractivity contribution >= 4 is 49.8 Å². The van der Waals surface area contributed by atoms with Gasteiger partial charge in [-0.15, -0.1) is 0 Å². The van der Waals surface area contributed by atoms with Gasteiger partial charge >= 0.3 is 0 Å². The monoisotopic (exact) mass is 653 g/mol. The number of benzene rings is 8. The van der Waals surface area contributed by atoms with Crippen LogP contribution in [-0.4, -0.2) is 0 Å². The molecule has 8 aromatic carbocycles. The molecular weight excluding hydrogens is 619 g/mol. The van der Waals surface area contributed by atoms with Crippen LogP contribution in [0, 0.1) is 0 Å². The molecule has 0 N–H and O–H groups in total. The van der Waals surface area contributed by atoms with Crippen LogP contribution in [0.1, 0.15) is 25.0 Å². The van der Waals surface area contributed by atoms with Gasteiger partial charge in [-0.05, 0) is 98.2 Å². The van der Waals surface area contributed by atoms with Crippen LogP contribution in [0.5, 0.6) is 0 Å². The van der Waals surface area contributed by atoms with E-state index < -0.39 is 0 Å². The maximum atomic E-state index is 6.38. The Hall–Kier alpha value is -6.38. The molecular formula is C49H35NO. The standard InChI is InChI=1S/C49H35NO/c1-49(2)45-16-7-5-12-41(45)44-31-36(23-29-46(44)49)33-18-24-37(25-19-33)50(39-28-20-32-10-3-4-11-35(32)30-39)38-26-21-34(22-27-38)40-14-9-15-43-42-13-6-8-17-47(42)51-48(40)43/h3-31H,1-2H3. The Bertz CT molecular complexity index is 2770. The summed E-state index contributed by atoms with van der Waals surface area (Å²) in [6.45, 7) is 4.67. The topological polar surface area (TPSA) is 16.4 Å². The van der Waals surface area contributed by atoms with Gasteiger partial charge in [-0.2, -0.15) is 0 Å². The minimum Gasteiger partial charge on any atom is -0.455 e. The highest BCUT2D eigenvalue weighted by Crippen LogP contribution is 2.49. The van der Waals surface area contributed by atoms with E-state index in [1.165, 1.54) is 44.2 Å². The van der Waals surface area contributed by atoms with Gasteiger partial charge in [0.25, 0.3) is 0 Å². The molecule has 242 valence electrons. The van der Waals surface area contributed by atoms with Crippen molar-refractivity contribution in [3.05, 3.63) is 187 Å². The molecule has 1 aliphatic rings. The predicted molar refractivity (Wildman–Crippen MR) is 214 cm³/mol. The molecule has 1 heterocycles. The number of nitrogens with zero attached hydrogens (tertiary/aromatic N) is 1. The fourth-order valence-electron chi connectivity index (χ4n) is 8.23. The van der Waals surface area contributed by atoms with Gasteiger partial charge in [0.1, 0.15) is 11.2 Å². The van der Waals surface area contributed by atoms with Crippen molar-refractivity contribution in [3.63, 3.8) is 0 Å². The average molecular weight is 654 g/mol. The highest BCUT2D eigenvalue weighted by Gasteiger charge is 2.35. The lowest BCUT2D eigenvalue weighted by atomic mass is 9.82. The van der Waals surface area contributed by atoms with Gasteiger partial charge < -0.3 is 9.32 Å². The molecule has 1 aliphatic carbocycles. The highest BCUT2D eigenvalue weighted by atomic mass is 16.3. The molecule has 10 rings (SSSR count). The van der Waals surface area contributed by atoms with E-state index in [9.17, 15) is 0 Å². The molecule has 0 saturated heterocycles. The van der Waals surface area contributed by atoms with Crippen molar-refractivity contribution in [2.45, 2.75) is 19.3 Å². The predicted octanol–water partition coefficient (Wildman–Crippen LogP) is 13.8. The molecule has 9 aromatic rings. The van der Waals surface area contributed by atoms with Crippen LogP contribution in [0.3, 0.4) is 0 Å². The molecule has 0 spiro atoms. The number of para-hydroxylation sites is 2. The van der Waals surface area contributed by atoms with E-state index in [-0.39, 0.29) is 5.41 Å². The number of hydrogen-bond donors (Lipinski definition) is 0. The van der Waals surface area contributed by atoms with Crippen molar-refractivity contribution in [1.82, 2.24) is 0 Å². The molecule has 0 atom stereocenters. The number of rotatable bonds is 5. The first-order chi connectivity index (χ1) is 25.0. The molecule has 2 nitrogen and oxygen atoms in total. The third kappa shape index (κ3) is 4.71. The van der Waals surface area contributed by atoms with E-state index in [0.29, 0.717) is 0 Å². The smallest absolute Gasteiger partial charge is 0.143 e. The summed E-state index contributed by atoms with van der Waals surface area (Å²) in [6.07, 6.45) is 0. The summed E-state index contributed by atoms with van der Waals surface area (Å²) >= 11 is 0. The maximum Gasteiger partial charge on any atom is 0.143 e. The van der Waals surface area contributed by atoms with Gasteiger partial charge in [0.05, 0.1) is 0 Å². The van der Waals surface area contributed by atoms with E-state index in [0.717, 1.165) is 50.1 Å². The van der Waals surface area contributed by atoms with E-state index >= 15 is 0 Å². The summed E-state index contributed by atoms with van der Waals surface area (Å²) in [5, 5.41) is 4.73. The van der Waals surface area contributed by atoms with Crippen molar-refractivity contribution in [2.75, 3.05) is 4.90 Å². The third-order valence-electron chi connectivity index (χ3n) is 10.9. The molecule has 2 heteroatoms. The number of anilines is 3. The Morgan fingerprint density at radius 2 is 1.02 bits per heavy atom. The Kier molecular flexibility index (Phi) is 6.56. The highest BCUT2D eigenvalue weighted by molar-refractivity contribution is 6.09. The zero-order chi connectivity index (χ0) is 34.1. The lowest BCUT2D eigenvalue weighted by Crippen LogP contribution is -2.14. The first-order valence-corrected chi connectivity index (χ1v) is 17.7. The minimum atomic E-state index is 0.00278. The molecule has 0 fully saturated rings. The summed E-state index contributed by atoms with van der Waals surface area (Å²) < 4.78 is 6.38. The zero-order valence-corrected chi connectivity index (χ0v) is 28.6. The van der Waals surface area contributed by atoms with Crippen molar-refractivity contribution in [3.8, 4) is 33.4 Å². The fraction of sp³-hybridized carbons (Fsp3) is 0.0612. The molecule has 0 amide bonds. The van der Waals surface area contributed by atoms with Gasteiger partial charge in [0.2, 0.25) is 0 Å². The molecule has 0 saturated carbocycles. The number of furan rings is 1. The largest absolute Gasteiger partial charge is 0.455 e. The summed E-state index contributed by atoms with van der Waals surface area (Å²) in [4.78, 5) is 2.35. The first-order valence-electron chi connectivity index (χ1n) is 17.7. The van der Waals surface area contributed by atoms with Crippen LogP contribution in [0.4, 0.5) is 17.1 Å². The zero-order valence-electron chi connectivity index (χ0n) is 28.6. The summed E-state index contributed by atoms with van der Waals surface area (Å²) in [5.74, 6) is 0. The SMILES string of the molecule is CC1(C)c2ccccc2-c2cc(-c3ccc(N(c4ccc(-c5cccc6c5oc5ccccc56)cc4)c4ccc5ccccc5c4)cc3)ccc21. The van der Waals surface area contributed by atoms with E-state index in [4.69, 9.17) is 4.42 Å². The van der Waals surface area contributed by atoms with Gasteiger partial charge in [-0.1, -0.05) is 141 Å². The Balaban J connectivity index is 1.05. The molecule has 0 aliphatic heterocycles. The van der Waals surface area contributed by atoms with Crippen LogP contribution < -0.4 is 4.90 Å². The van der Waals surface area contributed by atoms with Crippen molar-refractivity contribution in [2.24, 2.45) is 0 Å². The van der Waals surface area contributed by atoms with Gasteiger partial charge in [-0.25, -0.2) is 0 Å².